The lowest BCUT2D eigenvalue weighted by atomic mass is 10.2. The zero-order valence-electron chi connectivity index (χ0n) is 9.38. The van der Waals surface area contributed by atoms with Crippen molar-refractivity contribution in [2.45, 2.75) is 20.4 Å². The van der Waals surface area contributed by atoms with E-state index in [9.17, 15) is 9.59 Å². The molecule has 0 saturated carbocycles. The van der Waals surface area contributed by atoms with Gasteiger partial charge in [-0.2, -0.15) is 0 Å². The van der Waals surface area contributed by atoms with Crippen LogP contribution in [0.3, 0.4) is 0 Å². The second kappa shape index (κ2) is 5.30. The Bertz CT molecular complexity index is 458. The van der Waals surface area contributed by atoms with Gasteiger partial charge in [0.05, 0.1) is 0 Å². The van der Waals surface area contributed by atoms with Gasteiger partial charge in [-0.05, 0) is 24.1 Å². The van der Waals surface area contributed by atoms with E-state index in [2.05, 4.69) is 0 Å². The van der Waals surface area contributed by atoms with Gasteiger partial charge < -0.3 is 9.67 Å². The second-order valence-corrected chi connectivity index (χ2v) is 3.99. The number of pyridine rings is 1. The highest BCUT2D eigenvalue weighted by atomic mass is 16.4. The molecule has 0 bridgehead atoms. The van der Waals surface area contributed by atoms with Gasteiger partial charge in [0.15, 0.2) is 0 Å². The van der Waals surface area contributed by atoms with E-state index in [0.29, 0.717) is 18.0 Å². The summed E-state index contributed by atoms with van der Waals surface area (Å²) in [7, 11) is 0. The van der Waals surface area contributed by atoms with Crippen LogP contribution in [0.2, 0.25) is 0 Å². The van der Waals surface area contributed by atoms with E-state index in [1.807, 2.05) is 13.8 Å². The Morgan fingerprint density at radius 2 is 2.25 bits per heavy atom. The summed E-state index contributed by atoms with van der Waals surface area (Å²) in [4.78, 5) is 22.2. The number of carbonyl (C=O) groups is 1. The van der Waals surface area contributed by atoms with Gasteiger partial charge in [-0.25, -0.2) is 4.79 Å². The monoisotopic (exact) mass is 221 g/mol. The van der Waals surface area contributed by atoms with Crippen LogP contribution in [-0.4, -0.2) is 15.6 Å². The molecule has 1 N–H and O–H groups in total. The van der Waals surface area contributed by atoms with Gasteiger partial charge in [-0.3, -0.25) is 4.79 Å². The fourth-order valence-corrected chi connectivity index (χ4v) is 1.38. The van der Waals surface area contributed by atoms with Gasteiger partial charge in [0, 0.05) is 24.4 Å². The van der Waals surface area contributed by atoms with E-state index in [-0.39, 0.29) is 5.56 Å². The molecule has 0 amide bonds. The molecule has 86 valence electrons. The minimum absolute atomic E-state index is 0.159. The Hall–Kier alpha value is -1.84. The van der Waals surface area contributed by atoms with Gasteiger partial charge in [-0.15, -0.1) is 0 Å². The molecule has 4 heteroatoms. The molecule has 0 atom stereocenters. The van der Waals surface area contributed by atoms with Crippen molar-refractivity contribution in [1.82, 2.24) is 4.57 Å². The van der Waals surface area contributed by atoms with Crippen molar-refractivity contribution in [2.75, 3.05) is 0 Å². The van der Waals surface area contributed by atoms with Gasteiger partial charge in [0.25, 0.3) is 5.56 Å². The highest BCUT2D eigenvalue weighted by Crippen LogP contribution is 1.99. The molecule has 0 aliphatic carbocycles. The third-order valence-electron chi connectivity index (χ3n) is 2.02. The topological polar surface area (TPSA) is 59.3 Å². The number of hydrogen-bond donors (Lipinski definition) is 1. The first-order chi connectivity index (χ1) is 7.50. The molecule has 1 rings (SSSR count). The summed E-state index contributed by atoms with van der Waals surface area (Å²) in [5, 5.41) is 8.48. The lowest BCUT2D eigenvalue weighted by Crippen LogP contribution is -2.23. The molecule has 16 heavy (non-hydrogen) atoms. The Morgan fingerprint density at radius 1 is 1.56 bits per heavy atom. The minimum Gasteiger partial charge on any atom is -0.478 e. The predicted octanol–water partition coefficient (Wildman–Crippen LogP) is 1.60. The molecule has 1 aromatic heterocycles. The van der Waals surface area contributed by atoms with E-state index in [1.165, 1.54) is 6.08 Å². The van der Waals surface area contributed by atoms with Crippen molar-refractivity contribution in [3.63, 3.8) is 0 Å². The molecule has 0 radical (unpaired) electrons. The first kappa shape index (κ1) is 12.2. The zero-order valence-corrected chi connectivity index (χ0v) is 9.38. The Kier molecular flexibility index (Phi) is 4.05. The quantitative estimate of drug-likeness (QED) is 0.786. The van der Waals surface area contributed by atoms with Crippen molar-refractivity contribution < 1.29 is 9.90 Å². The average Bonchev–Trinajstić information content (AvgIpc) is 2.18. The van der Waals surface area contributed by atoms with Crippen molar-refractivity contribution in [1.29, 1.82) is 0 Å². The molecule has 0 aliphatic heterocycles. The van der Waals surface area contributed by atoms with E-state index >= 15 is 0 Å². The number of carboxylic acids is 1. The van der Waals surface area contributed by atoms with Crippen LogP contribution in [-0.2, 0) is 11.3 Å². The highest BCUT2D eigenvalue weighted by Gasteiger charge is 2.02. The highest BCUT2D eigenvalue weighted by molar-refractivity contribution is 5.85. The van der Waals surface area contributed by atoms with Crippen molar-refractivity contribution in [3.8, 4) is 0 Å². The number of rotatable bonds is 4. The Balaban J connectivity index is 3.04. The van der Waals surface area contributed by atoms with Crippen LogP contribution in [0.5, 0.6) is 0 Å². The third kappa shape index (κ3) is 3.38. The van der Waals surface area contributed by atoms with Crippen LogP contribution in [0.25, 0.3) is 6.08 Å². The van der Waals surface area contributed by atoms with Crippen LogP contribution < -0.4 is 5.56 Å². The van der Waals surface area contributed by atoms with E-state index in [0.717, 1.165) is 6.08 Å². The van der Waals surface area contributed by atoms with Crippen LogP contribution in [0, 0.1) is 5.92 Å². The molecule has 0 aromatic carbocycles. The van der Waals surface area contributed by atoms with Crippen molar-refractivity contribution >= 4 is 12.0 Å². The van der Waals surface area contributed by atoms with Crippen molar-refractivity contribution in [3.05, 3.63) is 40.3 Å². The summed E-state index contributed by atoms with van der Waals surface area (Å²) >= 11 is 0. The molecule has 0 spiro atoms. The summed E-state index contributed by atoms with van der Waals surface area (Å²) in [6, 6.07) is 3.35. The SMILES string of the molecule is CC(C)Cn1cccc(/C=C/C(=O)O)c1=O. The lowest BCUT2D eigenvalue weighted by molar-refractivity contribution is -0.131. The molecule has 0 aliphatic rings. The van der Waals surface area contributed by atoms with Crippen LogP contribution in [0.1, 0.15) is 19.4 Å². The first-order valence-electron chi connectivity index (χ1n) is 5.11. The largest absolute Gasteiger partial charge is 0.478 e. The summed E-state index contributed by atoms with van der Waals surface area (Å²) in [5.41, 5.74) is 0.235. The summed E-state index contributed by atoms with van der Waals surface area (Å²) < 4.78 is 1.59. The smallest absolute Gasteiger partial charge is 0.328 e. The van der Waals surface area contributed by atoms with Crippen LogP contribution in [0.4, 0.5) is 0 Å². The molecular weight excluding hydrogens is 206 g/mol. The van der Waals surface area contributed by atoms with Gasteiger partial charge in [0.2, 0.25) is 0 Å². The molecule has 0 unspecified atom stereocenters. The summed E-state index contributed by atoms with van der Waals surface area (Å²) in [5.74, 6) is -0.685. The number of hydrogen-bond acceptors (Lipinski definition) is 2. The molecule has 0 saturated heterocycles. The number of carboxylic acid groups (broad SMARTS) is 1. The third-order valence-corrected chi connectivity index (χ3v) is 2.02. The summed E-state index contributed by atoms with van der Waals surface area (Å²) in [6.07, 6.45) is 4.00. The number of nitrogens with zero attached hydrogens (tertiary/aromatic N) is 1. The van der Waals surface area contributed by atoms with Crippen LogP contribution in [0.15, 0.2) is 29.2 Å². The second-order valence-electron chi connectivity index (χ2n) is 3.99. The van der Waals surface area contributed by atoms with Gasteiger partial charge >= 0.3 is 5.97 Å². The molecule has 1 aromatic rings. The maximum atomic E-state index is 11.8. The van der Waals surface area contributed by atoms with E-state index in [1.54, 1.807) is 22.9 Å². The molecule has 1 heterocycles. The first-order valence-corrected chi connectivity index (χ1v) is 5.11. The summed E-state index contributed by atoms with van der Waals surface area (Å²) in [6.45, 7) is 4.67. The molecule has 4 nitrogen and oxygen atoms in total. The molecular formula is C12H15NO3. The lowest BCUT2D eigenvalue weighted by Gasteiger charge is -2.08. The predicted molar refractivity (Wildman–Crippen MR) is 62.2 cm³/mol. The number of aromatic nitrogens is 1. The van der Waals surface area contributed by atoms with Gasteiger partial charge in [0.1, 0.15) is 0 Å². The fraction of sp³-hybridized carbons (Fsp3) is 0.333. The Labute approximate surface area is 93.8 Å². The fourth-order valence-electron chi connectivity index (χ4n) is 1.38. The molecule has 0 fully saturated rings. The average molecular weight is 221 g/mol. The van der Waals surface area contributed by atoms with Crippen molar-refractivity contribution in [2.24, 2.45) is 5.92 Å². The zero-order chi connectivity index (χ0) is 12.1. The number of aliphatic carboxylic acids is 1. The van der Waals surface area contributed by atoms with E-state index in [4.69, 9.17) is 5.11 Å². The minimum atomic E-state index is -1.06. The maximum absolute atomic E-state index is 11.8. The van der Waals surface area contributed by atoms with Crippen LogP contribution >= 0.6 is 0 Å². The van der Waals surface area contributed by atoms with E-state index < -0.39 is 5.97 Å². The maximum Gasteiger partial charge on any atom is 0.328 e. The normalized spacial score (nSPS) is 11.2. The standard InChI is InChI=1S/C12H15NO3/c1-9(2)8-13-7-3-4-10(12(13)16)5-6-11(14)15/h3-7,9H,8H2,1-2H3,(H,14,15)/b6-5+. The Morgan fingerprint density at radius 3 is 2.81 bits per heavy atom. The van der Waals surface area contributed by atoms with Gasteiger partial charge in [-0.1, -0.05) is 13.8 Å².